The molecule has 0 amide bonds. The van der Waals surface area contributed by atoms with Gasteiger partial charge in [-0.1, -0.05) is 0 Å². The van der Waals surface area contributed by atoms with Gasteiger partial charge in [-0.05, 0) is 30.7 Å². The SMILES string of the molecule is c1cncc(-c2nc(N3CCOCC3)nc3c2CCN3c2cccnc2)c1. The summed E-state index contributed by atoms with van der Waals surface area (Å²) in [5.41, 5.74) is 4.23. The molecule has 2 aliphatic rings. The van der Waals surface area contributed by atoms with Gasteiger partial charge in [0.15, 0.2) is 0 Å². The molecule has 3 aromatic heterocycles. The van der Waals surface area contributed by atoms with Gasteiger partial charge in [0.1, 0.15) is 5.82 Å². The van der Waals surface area contributed by atoms with E-state index in [1.54, 1.807) is 12.4 Å². The second-order valence-electron chi connectivity index (χ2n) is 6.63. The average Bonchev–Trinajstić information content (AvgIpc) is 3.19. The first-order valence-electron chi connectivity index (χ1n) is 9.22. The van der Waals surface area contributed by atoms with Crippen LogP contribution in [0.1, 0.15) is 5.56 Å². The third kappa shape index (κ3) is 3.00. The third-order valence-corrected chi connectivity index (χ3v) is 5.00. The summed E-state index contributed by atoms with van der Waals surface area (Å²) in [5.74, 6) is 1.73. The van der Waals surface area contributed by atoms with Gasteiger partial charge in [-0.2, -0.15) is 4.98 Å². The van der Waals surface area contributed by atoms with Gasteiger partial charge >= 0.3 is 0 Å². The van der Waals surface area contributed by atoms with Crippen molar-refractivity contribution >= 4 is 17.5 Å². The molecular weight excluding hydrogens is 340 g/mol. The van der Waals surface area contributed by atoms with Gasteiger partial charge in [0.05, 0.1) is 30.8 Å². The quantitative estimate of drug-likeness (QED) is 0.711. The van der Waals surface area contributed by atoms with E-state index >= 15 is 0 Å². The minimum atomic E-state index is 0.703. The zero-order valence-corrected chi connectivity index (χ0v) is 15.0. The zero-order valence-electron chi connectivity index (χ0n) is 15.0. The molecular formula is C20H20N6O. The first-order valence-corrected chi connectivity index (χ1v) is 9.22. The van der Waals surface area contributed by atoms with Crippen LogP contribution < -0.4 is 9.80 Å². The number of anilines is 3. The third-order valence-electron chi connectivity index (χ3n) is 5.00. The van der Waals surface area contributed by atoms with E-state index in [9.17, 15) is 0 Å². The van der Waals surface area contributed by atoms with Crippen molar-refractivity contribution in [2.24, 2.45) is 0 Å². The molecule has 1 saturated heterocycles. The second kappa shape index (κ2) is 6.92. The Labute approximate surface area is 157 Å². The normalized spacial score (nSPS) is 16.4. The fourth-order valence-electron chi connectivity index (χ4n) is 3.65. The van der Waals surface area contributed by atoms with Crippen molar-refractivity contribution in [3.63, 3.8) is 0 Å². The highest BCUT2D eigenvalue weighted by atomic mass is 16.5. The number of nitrogens with zero attached hydrogens (tertiary/aromatic N) is 6. The number of aromatic nitrogens is 4. The van der Waals surface area contributed by atoms with Gasteiger partial charge in [0, 0.05) is 49.4 Å². The molecule has 27 heavy (non-hydrogen) atoms. The lowest BCUT2D eigenvalue weighted by molar-refractivity contribution is 0.122. The number of ether oxygens (including phenoxy) is 1. The molecule has 5 rings (SSSR count). The molecule has 2 aliphatic heterocycles. The Kier molecular flexibility index (Phi) is 4.14. The highest BCUT2D eigenvalue weighted by molar-refractivity contribution is 5.76. The summed E-state index contributed by atoms with van der Waals surface area (Å²) < 4.78 is 5.49. The zero-order chi connectivity index (χ0) is 18.1. The predicted molar refractivity (Wildman–Crippen MR) is 103 cm³/mol. The van der Waals surface area contributed by atoms with E-state index in [2.05, 4.69) is 31.9 Å². The smallest absolute Gasteiger partial charge is 0.228 e. The van der Waals surface area contributed by atoms with Crippen molar-refractivity contribution in [1.82, 2.24) is 19.9 Å². The Balaban J connectivity index is 1.65. The fraction of sp³-hybridized carbons (Fsp3) is 0.300. The van der Waals surface area contributed by atoms with Crippen molar-refractivity contribution in [2.75, 3.05) is 42.6 Å². The van der Waals surface area contributed by atoms with Crippen molar-refractivity contribution in [1.29, 1.82) is 0 Å². The lowest BCUT2D eigenvalue weighted by Gasteiger charge is -2.28. The monoisotopic (exact) mass is 360 g/mol. The van der Waals surface area contributed by atoms with Crippen molar-refractivity contribution in [2.45, 2.75) is 6.42 Å². The van der Waals surface area contributed by atoms with Gasteiger partial charge in [0.25, 0.3) is 0 Å². The van der Waals surface area contributed by atoms with Gasteiger partial charge in [-0.15, -0.1) is 0 Å². The molecule has 0 aromatic carbocycles. The molecule has 5 heterocycles. The summed E-state index contributed by atoms with van der Waals surface area (Å²) in [6, 6.07) is 8.04. The molecule has 0 bridgehead atoms. The Bertz CT molecular complexity index is 928. The molecule has 0 saturated carbocycles. The maximum absolute atomic E-state index is 5.49. The van der Waals surface area contributed by atoms with Crippen LogP contribution in [0.2, 0.25) is 0 Å². The number of hydrogen-bond donors (Lipinski definition) is 0. The Morgan fingerprint density at radius 2 is 1.70 bits per heavy atom. The Morgan fingerprint density at radius 3 is 2.44 bits per heavy atom. The van der Waals surface area contributed by atoms with E-state index in [0.717, 1.165) is 54.8 Å². The minimum Gasteiger partial charge on any atom is -0.378 e. The molecule has 0 unspecified atom stereocenters. The van der Waals surface area contributed by atoms with E-state index in [4.69, 9.17) is 14.7 Å². The van der Waals surface area contributed by atoms with E-state index in [1.807, 2.05) is 24.5 Å². The van der Waals surface area contributed by atoms with Crippen LogP contribution in [0.15, 0.2) is 49.1 Å². The molecule has 136 valence electrons. The lowest BCUT2D eigenvalue weighted by atomic mass is 10.1. The summed E-state index contributed by atoms with van der Waals surface area (Å²) in [4.78, 5) is 22.9. The van der Waals surface area contributed by atoms with Crippen LogP contribution in [0.4, 0.5) is 17.5 Å². The van der Waals surface area contributed by atoms with Crippen LogP contribution in [0, 0.1) is 0 Å². The lowest BCUT2D eigenvalue weighted by Crippen LogP contribution is -2.37. The van der Waals surface area contributed by atoms with Crippen molar-refractivity contribution in [3.8, 4) is 11.3 Å². The Hall–Kier alpha value is -3.06. The number of hydrogen-bond acceptors (Lipinski definition) is 7. The van der Waals surface area contributed by atoms with Gasteiger partial charge in [-0.3, -0.25) is 9.97 Å². The number of rotatable bonds is 3. The minimum absolute atomic E-state index is 0.703. The first kappa shape index (κ1) is 16.1. The molecule has 0 atom stereocenters. The average molecular weight is 360 g/mol. The van der Waals surface area contributed by atoms with Crippen molar-refractivity contribution < 1.29 is 4.74 Å². The summed E-state index contributed by atoms with van der Waals surface area (Å²) in [6.07, 6.45) is 8.24. The summed E-state index contributed by atoms with van der Waals surface area (Å²) >= 11 is 0. The fourth-order valence-corrected chi connectivity index (χ4v) is 3.65. The molecule has 1 fully saturated rings. The van der Waals surface area contributed by atoms with Crippen LogP contribution in [-0.2, 0) is 11.2 Å². The Morgan fingerprint density at radius 1 is 0.889 bits per heavy atom. The molecule has 7 heteroatoms. The number of fused-ring (bicyclic) bond motifs is 1. The van der Waals surface area contributed by atoms with E-state index < -0.39 is 0 Å². The van der Waals surface area contributed by atoms with Crippen LogP contribution in [0.5, 0.6) is 0 Å². The molecule has 0 N–H and O–H groups in total. The van der Waals surface area contributed by atoms with Gasteiger partial charge in [0.2, 0.25) is 5.95 Å². The summed E-state index contributed by atoms with van der Waals surface area (Å²) in [7, 11) is 0. The highest BCUT2D eigenvalue weighted by Crippen LogP contribution is 2.38. The topological polar surface area (TPSA) is 67.3 Å². The molecule has 0 radical (unpaired) electrons. The second-order valence-corrected chi connectivity index (χ2v) is 6.63. The van der Waals surface area contributed by atoms with E-state index in [1.165, 1.54) is 5.56 Å². The van der Waals surface area contributed by atoms with Crippen LogP contribution in [-0.4, -0.2) is 52.8 Å². The standard InChI is InChI=1S/C20H20N6O/c1-3-15(13-21-6-1)18-17-5-8-26(16-4-2-7-22-14-16)19(17)24-20(23-18)25-9-11-27-12-10-25/h1-4,6-7,13-14H,5,8-12H2. The van der Waals surface area contributed by atoms with Crippen molar-refractivity contribution in [3.05, 3.63) is 54.6 Å². The van der Waals surface area contributed by atoms with Crippen LogP contribution in [0.3, 0.4) is 0 Å². The maximum Gasteiger partial charge on any atom is 0.228 e. The first-order chi connectivity index (χ1) is 13.4. The van der Waals surface area contributed by atoms with E-state index in [0.29, 0.717) is 13.2 Å². The highest BCUT2D eigenvalue weighted by Gasteiger charge is 2.29. The molecule has 3 aromatic rings. The maximum atomic E-state index is 5.49. The summed E-state index contributed by atoms with van der Waals surface area (Å²) in [6.45, 7) is 3.88. The largest absolute Gasteiger partial charge is 0.378 e. The molecule has 0 spiro atoms. The van der Waals surface area contributed by atoms with Gasteiger partial charge in [-0.25, -0.2) is 4.98 Å². The van der Waals surface area contributed by atoms with Crippen LogP contribution >= 0.6 is 0 Å². The predicted octanol–water partition coefficient (Wildman–Crippen LogP) is 2.46. The number of morpholine rings is 1. The number of pyridine rings is 2. The molecule has 0 aliphatic carbocycles. The van der Waals surface area contributed by atoms with Crippen LogP contribution in [0.25, 0.3) is 11.3 Å². The van der Waals surface area contributed by atoms with Gasteiger partial charge < -0.3 is 14.5 Å². The summed E-state index contributed by atoms with van der Waals surface area (Å²) in [5, 5.41) is 0. The molecule has 7 nitrogen and oxygen atoms in total. The van der Waals surface area contributed by atoms with E-state index in [-0.39, 0.29) is 0 Å².